The zero-order valence-corrected chi connectivity index (χ0v) is 14.8. The Kier molecular flexibility index (Phi) is 8.72. The number of hydrogen-bond acceptors (Lipinski definition) is 7. The summed E-state index contributed by atoms with van der Waals surface area (Å²) in [6.45, 7) is 4.01. The number of rotatable bonds is 8. The van der Waals surface area contributed by atoms with Crippen molar-refractivity contribution in [1.82, 2.24) is 15.0 Å². The molecular formula is C14H24N8OS. The number of nitrogens with two attached hydrogens (primary N) is 2. The van der Waals surface area contributed by atoms with E-state index in [1.807, 2.05) is 6.92 Å². The predicted molar refractivity (Wildman–Crippen MR) is 96.8 cm³/mol. The van der Waals surface area contributed by atoms with Crippen molar-refractivity contribution in [3.05, 3.63) is 12.3 Å². The summed E-state index contributed by atoms with van der Waals surface area (Å²) in [5.74, 6) is 6.81. The van der Waals surface area contributed by atoms with Crippen LogP contribution >= 0.6 is 11.8 Å². The van der Waals surface area contributed by atoms with E-state index < -0.39 is 0 Å². The average molecular weight is 352 g/mol. The molecule has 1 aromatic rings. The van der Waals surface area contributed by atoms with Gasteiger partial charge < -0.3 is 11.1 Å². The number of hydrazine groups is 1. The molecule has 9 nitrogen and oxygen atoms in total. The van der Waals surface area contributed by atoms with Crippen LogP contribution in [-0.4, -0.2) is 45.0 Å². The Hall–Kier alpha value is -2.20. The van der Waals surface area contributed by atoms with Gasteiger partial charge in [-0.3, -0.25) is 15.2 Å². The summed E-state index contributed by atoms with van der Waals surface area (Å²) in [5, 5.41) is 12.1. The maximum absolute atomic E-state index is 11.0. The minimum Gasteiger partial charge on any atom is -0.370 e. The number of carbonyl (C=O) groups is 1. The molecule has 0 aliphatic heterocycles. The van der Waals surface area contributed by atoms with Crippen LogP contribution in [-0.2, 0) is 4.79 Å². The minimum absolute atomic E-state index is 0.0966. The van der Waals surface area contributed by atoms with Crippen molar-refractivity contribution < 1.29 is 4.79 Å². The number of hydrogen-bond donors (Lipinski definition) is 4. The number of guanidine groups is 1. The van der Waals surface area contributed by atoms with Crippen LogP contribution in [0.15, 0.2) is 22.4 Å². The third-order valence-corrected chi connectivity index (χ3v) is 3.76. The van der Waals surface area contributed by atoms with Crippen LogP contribution < -0.4 is 16.9 Å². The van der Waals surface area contributed by atoms with Crippen LogP contribution in [0.3, 0.4) is 0 Å². The summed E-state index contributed by atoms with van der Waals surface area (Å²) < 4.78 is 0. The predicted octanol–water partition coefficient (Wildman–Crippen LogP) is 1.18. The van der Waals surface area contributed by atoms with E-state index in [0.717, 1.165) is 11.4 Å². The van der Waals surface area contributed by atoms with Gasteiger partial charge in [0.2, 0.25) is 5.91 Å². The van der Waals surface area contributed by atoms with Crippen LogP contribution in [0.2, 0.25) is 0 Å². The summed E-state index contributed by atoms with van der Waals surface area (Å²) in [4.78, 5) is 23.7. The van der Waals surface area contributed by atoms with Gasteiger partial charge in [-0.2, -0.15) is 0 Å². The van der Waals surface area contributed by atoms with Gasteiger partial charge in [0.15, 0.2) is 11.1 Å². The molecule has 0 aliphatic carbocycles. The second-order valence-electron chi connectivity index (χ2n) is 4.90. The Bertz CT molecular complexity index is 592. The van der Waals surface area contributed by atoms with Gasteiger partial charge in [-0.1, -0.05) is 18.7 Å². The van der Waals surface area contributed by atoms with Gasteiger partial charge in [-0.05, 0) is 18.9 Å². The fourth-order valence-electron chi connectivity index (χ4n) is 1.60. The third-order valence-electron chi connectivity index (χ3n) is 2.81. The largest absolute Gasteiger partial charge is 0.370 e. The molecular weight excluding hydrogens is 328 g/mol. The van der Waals surface area contributed by atoms with E-state index in [-0.39, 0.29) is 11.7 Å². The standard InChI is InChI=1S/C14H24N8OS/c1-3-7-18-13(16)20-12-6-8-19-14(21-12)24-9-4-5-11(15)22(17)10(2)23/h6,8,15H,3-5,7,9,17H2,1-2H3,(H3,16,18,19,20,21). The number of aliphatic imine (C=N–C) groups is 1. The first-order valence-electron chi connectivity index (χ1n) is 7.59. The Morgan fingerprint density at radius 3 is 2.96 bits per heavy atom. The highest BCUT2D eigenvalue weighted by molar-refractivity contribution is 7.99. The Balaban J connectivity index is 2.42. The maximum atomic E-state index is 11.0. The van der Waals surface area contributed by atoms with Gasteiger partial charge in [-0.15, -0.1) is 0 Å². The Morgan fingerprint density at radius 1 is 1.54 bits per heavy atom. The van der Waals surface area contributed by atoms with Crippen molar-refractivity contribution in [3.8, 4) is 0 Å². The van der Waals surface area contributed by atoms with Crippen LogP contribution in [0.4, 0.5) is 5.82 Å². The van der Waals surface area contributed by atoms with Gasteiger partial charge in [-0.25, -0.2) is 20.8 Å². The molecule has 1 heterocycles. The summed E-state index contributed by atoms with van der Waals surface area (Å²) in [5.41, 5.74) is 5.75. The van der Waals surface area contributed by atoms with Crippen molar-refractivity contribution in [2.24, 2.45) is 16.6 Å². The van der Waals surface area contributed by atoms with Crippen molar-refractivity contribution in [1.29, 1.82) is 5.41 Å². The van der Waals surface area contributed by atoms with Gasteiger partial charge in [0.25, 0.3) is 0 Å². The van der Waals surface area contributed by atoms with E-state index in [2.05, 4.69) is 20.3 Å². The molecule has 0 saturated heterocycles. The average Bonchev–Trinajstić information content (AvgIpc) is 2.56. The van der Waals surface area contributed by atoms with E-state index in [0.29, 0.717) is 42.1 Å². The molecule has 0 aliphatic rings. The molecule has 1 rings (SSSR count). The third kappa shape index (κ3) is 7.38. The lowest BCUT2D eigenvalue weighted by molar-refractivity contribution is -0.125. The molecule has 1 amide bonds. The lowest BCUT2D eigenvalue weighted by Gasteiger charge is -2.14. The first kappa shape index (κ1) is 19.8. The van der Waals surface area contributed by atoms with E-state index >= 15 is 0 Å². The summed E-state index contributed by atoms with van der Waals surface area (Å²) >= 11 is 1.46. The van der Waals surface area contributed by atoms with Gasteiger partial charge in [0.05, 0.1) is 0 Å². The van der Waals surface area contributed by atoms with Gasteiger partial charge in [0, 0.05) is 31.8 Å². The molecule has 132 valence electrons. The summed E-state index contributed by atoms with van der Waals surface area (Å²) in [6, 6.07) is 1.72. The van der Waals surface area contributed by atoms with Crippen molar-refractivity contribution >= 4 is 35.3 Å². The second kappa shape index (κ2) is 10.6. The fraction of sp³-hybridized carbons (Fsp3) is 0.500. The van der Waals surface area contributed by atoms with E-state index in [1.54, 1.807) is 12.3 Å². The molecule has 10 heteroatoms. The first-order valence-corrected chi connectivity index (χ1v) is 8.58. The molecule has 0 bridgehead atoms. The van der Waals surface area contributed by atoms with Crippen LogP contribution in [0, 0.1) is 5.41 Å². The Morgan fingerprint density at radius 2 is 2.29 bits per heavy atom. The minimum atomic E-state index is -0.350. The van der Waals surface area contributed by atoms with Crippen LogP contribution in [0.25, 0.3) is 0 Å². The summed E-state index contributed by atoms with van der Waals surface area (Å²) in [6.07, 6.45) is 3.67. The molecule has 24 heavy (non-hydrogen) atoms. The molecule has 0 radical (unpaired) electrons. The van der Waals surface area contributed by atoms with Crippen molar-refractivity contribution in [2.75, 3.05) is 17.6 Å². The molecule has 0 fully saturated rings. The highest BCUT2D eigenvalue weighted by Gasteiger charge is 2.09. The fourth-order valence-corrected chi connectivity index (χ4v) is 2.37. The number of aromatic nitrogens is 2. The monoisotopic (exact) mass is 352 g/mol. The van der Waals surface area contributed by atoms with Crippen molar-refractivity contribution in [2.45, 2.75) is 38.3 Å². The molecule has 6 N–H and O–H groups in total. The number of amides is 1. The number of thioether (sulfide) groups is 1. The first-order chi connectivity index (χ1) is 11.4. The van der Waals surface area contributed by atoms with Crippen molar-refractivity contribution in [3.63, 3.8) is 0 Å². The number of carbonyl (C=O) groups excluding carboxylic acids is 1. The van der Waals surface area contributed by atoms with Gasteiger partial charge >= 0.3 is 0 Å². The lowest BCUT2D eigenvalue weighted by atomic mass is 10.3. The molecule has 0 unspecified atom stereocenters. The second-order valence-corrected chi connectivity index (χ2v) is 5.97. The highest BCUT2D eigenvalue weighted by atomic mass is 32.2. The smallest absolute Gasteiger partial charge is 0.239 e. The number of amidine groups is 1. The molecule has 0 saturated carbocycles. The zero-order chi connectivity index (χ0) is 17.9. The SMILES string of the molecule is CCCN=C(N)Nc1ccnc(SCCCC(=N)N(N)C(C)=O)n1. The lowest BCUT2D eigenvalue weighted by Crippen LogP contribution is -2.40. The van der Waals surface area contributed by atoms with E-state index in [4.69, 9.17) is 17.0 Å². The molecule has 0 aromatic carbocycles. The van der Waals surface area contributed by atoms with Gasteiger partial charge in [0.1, 0.15) is 11.7 Å². The highest BCUT2D eigenvalue weighted by Crippen LogP contribution is 2.16. The topological polar surface area (TPSA) is 146 Å². The van der Waals surface area contributed by atoms with E-state index in [9.17, 15) is 4.79 Å². The van der Waals surface area contributed by atoms with E-state index in [1.165, 1.54) is 18.7 Å². The quantitative estimate of drug-likeness (QED) is 0.0803. The molecule has 0 spiro atoms. The number of nitrogens with one attached hydrogen (secondary N) is 2. The zero-order valence-electron chi connectivity index (χ0n) is 14.0. The van der Waals surface area contributed by atoms with Crippen LogP contribution in [0.1, 0.15) is 33.1 Å². The maximum Gasteiger partial charge on any atom is 0.239 e. The summed E-state index contributed by atoms with van der Waals surface area (Å²) in [7, 11) is 0. The molecule has 1 aromatic heterocycles. The number of nitrogens with zero attached hydrogens (tertiary/aromatic N) is 4. The number of anilines is 1. The molecule has 0 atom stereocenters. The Labute approximate surface area is 145 Å². The van der Waals surface area contributed by atoms with Crippen LogP contribution in [0.5, 0.6) is 0 Å². The normalized spacial score (nSPS) is 11.2.